The Labute approximate surface area is 60.2 Å². The van der Waals surface area contributed by atoms with E-state index in [0.717, 1.165) is 12.8 Å². The van der Waals surface area contributed by atoms with E-state index in [4.69, 9.17) is 11.5 Å². The molecule has 0 bridgehead atoms. The number of piperidine rings is 1. The van der Waals surface area contributed by atoms with Crippen molar-refractivity contribution in [2.24, 2.45) is 5.73 Å². The van der Waals surface area contributed by atoms with E-state index in [2.05, 4.69) is 0 Å². The number of hydrogen-bond donors (Lipinski definition) is 1. The van der Waals surface area contributed by atoms with Crippen LogP contribution in [0.25, 0.3) is 0 Å². The van der Waals surface area contributed by atoms with Gasteiger partial charge in [-0.2, -0.15) is 0 Å². The third-order valence-electron chi connectivity index (χ3n) is 1.81. The van der Waals surface area contributed by atoms with Crippen molar-refractivity contribution >= 4 is 6.03 Å². The lowest BCUT2D eigenvalue weighted by molar-refractivity contribution is 0.190. The van der Waals surface area contributed by atoms with Crippen LogP contribution in [0.4, 0.5) is 4.79 Å². The van der Waals surface area contributed by atoms with Gasteiger partial charge in [0.1, 0.15) is 0 Å². The van der Waals surface area contributed by atoms with Gasteiger partial charge in [0.05, 0.1) is 0 Å². The van der Waals surface area contributed by atoms with E-state index >= 15 is 0 Å². The Morgan fingerprint density at radius 2 is 2.00 bits per heavy atom. The van der Waals surface area contributed by atoms with Gasteiger partial charge in [-0.25, -0.2) is 4.79 Å². The van der Waals surface area contributed by atoms with Gasteiger partial charge in [-0.1, -0.05) is 0 Å². The molecule has 1 radical (unpaired) electrons. The second-order valence-electron chi connectivity index (χ2n) is 2.60. The van der Waals surface area contributed by atoms with Gasteiger partial charge in [-0.05, 0) is 12.8 Å². The lowest BCUT2D eigenvalue weighted by Crippen LogP contribution is -2.43. The zero-order chi connectivity index (χ0) is 7.56. The van der Waals surface area contributed by atoms with Crippen molar-refractivity contribution in [3.63, 3.8) is 0 Å². The average Bonchev–Trinajstić information content (AvgIpc) is 1.88. The van der Waals surface area contributed by atoms with Crippen LogP contribution in [-0.4, -0.2) is 30.1 Å². The molecule has 57 valence electrons. The minimum absolute atomic E-state index is 0.00981. The number of nitrogens with one attached hydrogen (secondary N) is 1. The maximum absolute atomic E-state index is 10.5. The van der Waals surface area contributed by atoms with Gasteiger partial charge in [-0.15, -0.1) is 0 Å². The lowest BCUT2D eigenvalue weighted by Gasteiger charge is -2.27. The maximum atomic E-state index is 10.5. The molecular formula is C6H12N3O. The summed E-state index contributed by atoms with van der Waals surface area (Å²) in [4.78, 5) is 12.1. The highest BCUT2D eigenvalue weighted by atomic mass is 16.2. The summed E-state index contributed by atoms with van der Waals surface area (Å²) in [6.07, 6.45) is 1.53. The third-order valence-corrected chi connectivity index (χ3v) is 1.81. The molecule has 0 aromatic heterocycles. The Bertz CT molecular complexity index is 129. The molecular weight excluding hydrogens is 130 g/mol. The van der Waals surface area contributed by atoms with Gasteiger partial charge in [-0.3, -0.25) is 5.73 Å². The second kappa shape index (κ2) is 2.88. The van der Waals surface area contributed by atoms with Crippen molar-refractivity contribution in [3.05, 3.63) is 0 Å². The molecule has 0 aromatic rings. The smallest absolute Gasteiger partial charge is 0.314 e. The van der Waals surface area contributed by atoms with Crippen LogP contribution >= 0.6 is 0 Å². The summed E-state index contributed by atoms with van der Waals surface area (Å²) in [6.45, 7) is 1.31. The molecule has 0 unspecified atom stereocenters. The fourth-order valence-electron chi connectivity index (χ4n) is 1.10. The van der Waals surface area contributed by atoms with Crippen LogP contribution in [-0.2, 0) is 0 Å². The number of amides is 2. The summed E-state index contributed by atoms with van der Waals surface area (Å²) >= 11 is 0. The molecule has 3 N–H and O–H groups in total. The molecule has 1 aliphatic heterocycles. The predicted octanol–water partition coefficient (Wildman–Crippen LogP) is -0.188. The largest absolute Gasteiger partial charge is 0.351 e. The summed E-state index contributed by atoms with van der Waals surface area (Å²) in [5.41, 5.74) is 12.4. The molecule has 0 spiro atoms. The van der Waals surface area contributed by atoms with E-state index in [-0.39, 0.29) is 12.1 Å². The van der Waals surface area contributed by atoms with E-state index in [1.54, 1.807) is 4.90 Å². The third kappa shape index (κ3) is 1.60. The number of carbonyl (C=O) groups is 1. The summed E-state index contributed by atoms with van der Waals surface area (Å²) in [5, 5.41) is 0. The number of carbonyl (C=O) groups excluding carboxylic acids is 1. The maximum Gasteiger partial charge on any atom is 0.314 e. The SMILES string of the molecule is [NH]C1CCN(C(N)=O)CC1. The highest BCUT2D eigenvalue weighted by molar-refractivity contribution is 5.72. The van der Waals surface area contributed by atoms with Crippen molar-refractivity contribution in [2.75, 3.05) is 13.1 Å². The van der Waals surface area contributed by atoms with Crippen LogP contribution in [0.1, 0.15) is 12.8 Å². The first-order valence-corrected chi connectivity index (χ1v) is 3.45. The Kier molecular flexibility index (Phi) is 2.11. The van der Waals surface area contributed by atoms with Crippen LogP contribution < -0.4 is 11.5 Å². The molecule has 0 atom stereocenters. The van der Waals surface area contributed by atoms with Crippen LogP contribution in [0.5, 0.6) is 0 Å². The Morgan fingerprint density at radius 3 is 2.40 bits per heavy atom. The molecule has 4 heteroatoms. The summed E-state index contributed by atoms with van der Waals surface area (Å²) in [6, 6.07) is -0.345. The van der Waals surface area contributed by atoms with E-state index in [9.17, 15) is 4.79 Å². The molecule has 0 saturated carbocycles. The zero-order valence-corrected chi connectivity index (χ0v) is 5.84. The summed E-state index contributed by atoms with van der Waals surface area (Å²) < 4.78 is 0. The van der Waals surface area contributed by atoms with Gasteiger partial charge < -0.3 is 10.6 Å². The van der Waals surface area contributed by atoms with Crippen molar-refractivity contribution in [2.45, 2.75) is 18.9 Å². The molecule has 1 aliphatic rings. The highest BCUT2D eigenvalue weighted by Crippen LogP contribution is 2.07. The molecule has 4 nitrogen and oxygen atoms in total. The van der Waals surface area contributed by atoms with E-state index in [1.165, 1.54) is 0 Å². The van der Waals surface area contributed by atoms with Crippen molar-refractivity contribution in [1.82, 2.24) is 10.6 Å². The number of likely N-dealkylation sites (tertiary alicyclic amines) is 1. The first-order chi connectivity index (χ1) is 4.70. The normalized spacial score (nSPS) is 21.1. The van der Waals surface area contributed by atoms with Crippen LogP contribution in [0.3, 0.4) is 0 Å². The lowest BCUT2D eigenvalue weighted by atomic mass is 10.1. The molecule has 0 aliphatic carbocycles. The molecule has 10 heavy (non-hydrogen) atoms. The van der Waals surface area contributed by atoms with Crippen molar-refractivity contribution in [1.29, 1.82) is 0 Å². The van der Waals surface area contributed by atoms with E-state index in [1.807, 2.05) is 0 Å². The van der Waals surface area contributed by atoms with Gasteiger partial charge in [0.2, 0.25) is 0 Å². The molecule has 1 fully saturated rings. The number of nitrogens with two attached hydrogens (primary N) is 1. The first kappa shape index (κ1) is 7.34. The summed E-state index contributed by atoms with van der Waals surface area (Å²) in [5.74, 6) is 0. The Balaban J connectivity index is 2.33. The van der Waals surface area contributed by atoms with E-state index < -0.39 is 0 Å². The fraction of sp³-hybridized carbons (Fsp3) is 0.833. The number of urea groups is 1. The zero-order valence-electron chi connectivity index (χ0n) is 5.84. The quantitative estimate of drug-likeness (QED) is 0.500. The fourth-order valence-corrected chi connectivity index (χ4v) is 1.10. The topological polar surface area (TPSA) is 70.1 Å². The van der Waals surface area contributed by atoms with Gasteiger partial charge in [0, 0.05) is 19.1 Å². The minimum atomic E-state index is -0.355. The van der Waals surface area contributed by atoms with Gasteiger partial charge >= 0.3 is 6.03 Å². The second-order valence-corrected chi connectivity index (χ2v) is 2.60. The monoisotopic (exact) mass is 142 g/mol. The molecule has 1 heterocycles. The Hall–Kier alpha value is -0.770. The first-order valence-electron chi connectivity index (χ1n) is 3.45. The van der Waals surface area contributed by atoms with Crippen LogP contribution in [0.15, 0.2) is 0 Å². The van der Waals surface area contributed by atoms with Gasteiger partial charge in [0.25, 0.3) is 0 Å². The number of rotatable bonds is 0. The predicted molar refractivity (Wildman–Crippen MR) is 37.3 cm³/mol. The molecule has 1 rings (SSSR count). The highest BCUT2D eigenvalue weighted by Gasteiger charge is 2.18. The molecule has 1 saturated heterocycles. The minimum Gasteiger partial charge on any atom is -0.351 e. The molecule has 2 amide bonds. The number of hydrogen-bond acceptors (Lipinski definition) is 1. The number of primary amides is 1. The molecule has 0 aromatic carbocycles. The Morgan fingerprint density at radius 1 is 1.50 bits per heavy atom. The van der Waals surface area contributed by atoms with Crippen molar-refractivity contribution < 1.29 is 4.79 Å². The summed E-state index contributed by atoms with van der Waals surface area (Å²) in [7, 11) is 0. The van der Waals surface area contributed by atoms with E-state index in [0.29, 0.717) is 13.1 Å². The number of nitrogens with zero attached hydrogens (tertiary/aromatic N) is 1. The average molecular weight is 142 g/mol. The van der Waals surface area contributed by atoms with Crippen LogP contribution in [0.2, 0.25) is 0 Å². The van der Waals surface area contributed by atoms with Gasteiger partial charge in [0.15, 0.2) is 0 Å². The van der Waals surface area contributed by atoms with Crippen molar-refractivity contribution in [3.8, 4) is 0 Å². The standard InChI is InChI=1S/C6H12N3O/c7-5-1-3-9(4-2-5)6(8)10/h5,7H,1-4H2,(H2,8,10). The van der Waals surface area contributed by atoms with Crippen LogP contribution in [0, 0.1) is 0 Å².